The van der Waals surface area contributed by atoms with Crippen LogP contribution in [0.1, 0.15) is 46.0 Å². The second-order valence-electron chi connectivity index (χ2n) is 7.22. The fourth-order valence-electron chi connectivity index (χ4n) is 4.06. The second-order valence-corrected chi connectivity index (χ2v) is 7.22. The maximum atomic E-state index is 12.7. The molecule has 3 heteroatoms. The van der Waals surface area contributed by atoms with Gasteiger partial charge in [-0.3, -0.25) is 4.79 Å². The highest BCUT2D eigenvalue weighted by Crippen LogP contribution is 2.54. The molecule has 0 bridgehead atoms. The van der Waals surface area contributed by atoms with Gasteiger partial charge < -0.3 is 10.2 Å². The van der Waals surface area contributed by atoms with Crippen molar-refractivity contribution in [2.75, 3.05) is 19.6 Å². The van der Waals surface area contributed by atoms with Gasteiger partial charge in [0, 0.05) is 18.5 Å². The Morgan fingerprint density at radius 2 is 2.00 bits per heavy atom. The molecule has 3 fully saturated rings. The maximum absolute atomic E-state index is 12.7. The van der Waals surface area contributed by atoms with Crippen molar-refractivity contribution in [1.29, 1.82) is 0 Å². The Labute approximate surface area is 117 Å². The third kappa shape index (κ3) is 2.96. The highest BCUT2D eigenvalue weighted by molar-refractivity contribution is 5.79. The van der Waals surface area contributed by atoms with Gasteiger partial charge >= 0.3 is 0 Å². The Morgan fingerprint density at radius 1 is 1.26 bits per heavy atom. The number of carbonyl (C=O) groups excluding carboxylic acids is 1. The van der Waals surface area contributed by atoms with Crippen molar-refractivity contribution in [2.24, 2.45) is 23.7 Å². The van der Waals surface area contributed by atoms with Crippen LogP contribution in [0.5, 0.6) is 0 Å². The summed E-state index contributed by atoms with van der Waals surface area (Å²) in [6, 6.07) is 0.353. The molecule has 0 aromatic carbocycles. The van der Waals surface area contributed by atoms with E-state index in [1.165, 1.54) is 32.1 Å². The molecule has 0 radical (unpaired) electrons. The molecule has 1 amide bonds. The molecule has 19 heavy (non-hydrogen) atoms. The average Bonchev–Trinajstić information content (AvgIpc) is 3.02. The lowest BCUT2D eigenvalue weighted by atomic mass is 9.96. The van der Waals surface area contributed by atoms with E-state index in [-0.39, 0.29) is 0 Å². The van der Waals surface area contributed by atoms with Gasteiger partial charge in [0.2, 0.25) is 5.91 Å². The van der Waals surface area contributed by atoms with E-state index in [2.05, 4.69) is 24.1 Å². The Balaban J connectivity index is 1.57. The molecule has 0 spiro atoms. The van der Waals surface area contributed by atoms with Gasteiger partial charge in [-0.15, -0.1) is 0 Å². The summed E-state index contributed by atoms with van der Waals surface area (Å²) in [7, 11) is 0. The number of hydrogen-bond acceptors (Lipinski definition) is 2. The molecule has 1 N–H and O–H groups in total. The number of fused-ring (bicyclic) bond motifs is 1. The van der Waals surface area contributed by atoms with Crippen LogP contribution in [0.25, 0.3) is 0 Å². The molecule has 3 aliphatic rings. The predicted octanol–water partition coefficient (Wildman–Crippen LogP) is 2.27. The largest absolute Gasteiger partial charge is 0.340 e. The summed E-state index contributed by atoms with van der Waals surface area (Å²) in [4.78, 5) is 14.9. The Bertz CT molecular complexity index is 326. The second kappa shape index (κ2) is 5.43. The van der Waals surface area contributed by atoms with Crippen LogP contribution in [0.3, 0.4) is 0 Å². The number of hydrogen-bond donors (Lipinski definition) is 1. The SMILES string of the molecule is CC(C)N(CC1CCCNC1)C(=O)C1CC2CC2C1. The summed E-state index contributed by atoms with van der Waals surface area (Å²) in [5, 5.41) is 3.46. The van der Waals surface area contributed by atoms with Gasteiger partial charge in [0.05, 0.1) is 0 Å². The van der Waals surface area contributed by atoms with Crippen molar-refractivity contribution < 1.29 is 4.79 Å². The van der Waals surface area contributed by atoms with Crippen LogP contribution in [-0.2, 0) is 4.79 Å². The number of piperidine rings is 1. The van der Waals surface area contributed by atoms with E-state index in [9.17, 15) is 4.79 Å². The first kappa shape index (κ1) is 13.4. The van der Waals surface area contributed by atoms with E-state index in [1.807, 2.05) is 0 Å². The zero-order chi connectivity index (χ0) is 13.4. The first-order chi connectivity index (χ1) is 9.15. The van der Waals surface area contributed by atoms with Crippen LogP contribution in [0.15, 0.2) is 0 Å². The molecule has 108 valence electrons. The van der Waals surface area contributed by atoms with Crippen LogP contribution < -0.4 is 5.32 Å². The molecule has 3 nitrogen and oxygen atoms in total. The lowest BCUT2D eigenvalue weighted by molar-refractivity contribution is -0.138. The Morgan fingerprint density at radius 3 is 2.58 bits per heavy atom. The summed E-state index contributed by atoms with van der Waals surface area (Å²) < 4.78 is 0. The van der Waals surface area contributed by atoms with Gasteiger partial charge in [0.1, 0.15) is 0 Å². The van der Waals surface area contributed by atoms with Crippen molar-refractivity contribution >= 4 is 5.91 Å². The van der Waals surface area contributed by atoms with Crippen molar-refractivity contribution in [3.63, 3.8) is 0 Å². The highest BCUT2D eigenvalue weighted by atomic mass is 16.2. The average molecular weight is 264 g/mol. The van der Waals surface area contributed by atoms with Crippen molar-refractivity contribution in [2.45, 2.75) is 52.0 Å². The van der Waals surface area contributed by atoms with Crippen LogP contribution in [-0.4, -0.2) is 36.5 Å². The van der Waals surface area contributed by atoms with E-state index in [0.717, 1.165) is 31.5 Å². The number of amides is 1. The van der Waals surface area contributed by atoms with Gasteiger partial charge in [0.25, 0.3) is 0 Å². The Kier molecular flexibility index (Phi) is 3.84. The van der Waals surface area contributed by atoms with Gasteiger partial charge in [-0.25, -0.2) is 0 Å². The summed E-state index contributed by atoms with van der Waals surface area (Å²) in [6.07, 6.45) is 6.29. The molecule has 0 aromatic rings. The molecule has 2 saturated carbocycles. The van der Waals surface area contributed by atoms with E-state index in [0.29, 0.717) is 23.8 Å². The molecule has 1 heterocycles. The topological polar surface area (TPSA) is 32.3 Å². The van der Waals surface area contributed by atoms with Crippen LogP contribution in [0.2, 0.25) is 0 Å². The minimum Gasteiger partial charge on any atom is -0.340 e. The van der Waals surface area contributed by atoms with Gasteiger partial charge in [0.15, 0.2) is 0 Å². The molecule has 1 aliphatic heterocycles. The molecule has 1 saturated heterocycles. The summed E-state index contributed by atoms with van der Waals surface area (Å²) in [5.74, 6) is 3.27. The lowest BCUT2D eigenvalue weighted by Crippen LogP contribution is -2.46. The number of nitrogens with one attached hydrogen (secondary N) is 1. The zero-order valence-electron chi connectivity index (χ0n) is 12.4. The third-order valence-electron chi connectivity index (χ3n) is 5.35. The third-order valence-corrected chi connectivity index (χ3v) is 5.35. The first-order valence-corrected chi connectivity index (χ1v) is 8.16. The molecule has 3 atom stereocenters. The predicted molar refractivity (Wildman–Crippen MR) is 76.8 cm³/mol. The summed E-state index contributed by atoms with van der Waals surface area (Å²) >= 11 is 0. The normalized spacial score (nSPS) is 37.2. The van der Waals surface area contributed by atoms with Crippen molar-refractivity contribution in [3.05, 3.63) is 0 Å². The van der Waals surface area contributed by atoms with Crippen LogP contribution >= 0.6 is 0 Å². The molecule has 3 rings (SSSR count). The number of carbonyl (C=O) groups is 1. The van der Waals surface area contributed by atoms with Crippen LogP contribution in [0.4, 0.5) is 0 Å². The zero-order valence-corrected chi connectivity index (χ0v) is 12.4. The van der Waals surface area contributed by atoms with Gasteiger partial charge in [-0.2, -0.15) is 0 Å². The van der Waals surface area contributed by atoms with Gasteiger partial charge in [-0.1, -0.05) is 0 Å². The van der Waals surface area contributed by atoms with E-state index in [1.54, 1.807) is 0 Å². The van der Waals surface area contributed by atoms with Crippen LogP contribution in [0, 0.1) is 23.7 Å². The Hall–Kier alpha value is -0.570. The molecular weight excluding hydrogens is 236 g/mol. The number of rotatable bonds is 4. The lowest BCUT2D eigenvalue weighted by Gasteiger charge is -2.34. The highest BCUT2D eigenvalue weighted by Gasteiger charge is 2.49. The van der Waals surface area contributed by atoms with E-state index in [4.69, 9.17) is 0 Å². The molecular formula is C16H28N2O. The molecule has 3 unspecified atom stereocenters. The molecule has 2 aliphatic carbocycles. The fraction of sp³-hybridized carbons (Fsp3) is 0.938. The minimum atomic E-state index is 0.350. The van der Waals surface area contributed by atoms with E-state index >= 15 is 0 Å². The summed E-state index contributed by atoms with van der Waals surface area (Å²) in [6.45, 7) is 7.55. The fourth-order valence-corrected chi connectivity index (χ4v) is 4.06. The minimum absolute atomic E-state index is 0.350. The summed E-state index contributed by atoms with van der Waals surface area (Å²) in [5.41, 5.74) is 0. The van der Waals surface area contributed by atoms with Crippen molar-refractivity contribution in [3.8, 4) is 0 Å². The standard InChI is InChI=1S/C16H28N2O/c1-11(2)18(10-12-4-3-5-17-9-12)16(19)15-7-13-6-14(13)8-15/h11-15,17H,3-10H2,1-2H3. The monoisotopic (exact) mass is 264 g/mol. The number of nitrogens with zero attached hydrogens (tertiary/aromatic N) is 1. The first-order valence-electron chi connectivity index (χ1n) is 8.16. The van der Waals surface area contributed by atoms with Crippen molar-refractivity contribution in [1.82, 2.24) is 10.2 Å². The molecule has 0 aromatic heterocycles. The maximum Gasteiger partial charge on any atom is 0.225 e. The quantitative estimate of drug-likeness (QED) is 0.845. The van der Waals surface area contributed by atoms with E-state index < -0.39 is 0 Å². The smallest absolute Gasteiger partial charge is 0.225 e. The van der Waals surface area contributed by atoms with Gasteiger partial charge in [-0.05, 0) is 76.8 Å².